The topological polar surface area (TPSA) is 55.4 Å². The van der Waals surface area contributed by atoms with Crippen molar-refractivity contribution in [1.82, 2.24) is 4.72 Å². The molecular formula is C10H11BrF3NO3S. The summed E-state index contributed by atoms with van der Waals surface area (Å²) in [6.07, 6.45) is 0. The molecule has 1 unspecified atom stereocenters. The number of rotatable bonds is 6. The molecule has 1 aromatic rings. The molecule has 0 aliphatic carbocycles. The zero-order chi connectivity index (χ0) is 14.6. The highest BCUT2D eigenvalue weighted by Crippen LogP contribution is 2.20. The van der Waals surface area contributed by atoms with E-state index in [1.165, 1.54) is 7.11 Å². The number of hydrogen-bond acceptors (Lipinski definition) is 3. The van der Waals surface area contributed by atoms with Crippen LogP contribution in [-0.4, -0.2) is 33.5 Å². The van der Waals surface area contributed by atoms with Crippen LogP contribution in [0.1, 0.15) is 0 Å². The predicted octanol–water partition coefficient (Wildman–Crippen LogP) is 1.79. The first-order valence-electron chi connectivity index (χ1n) is 5.03. The summed E-state index contributed by atoms with van der Waals surface area (Å²) in [6.45, 7) is 0.00884. The van der Waals surface area contributed by atoms with Gasteiger partial charge in [0.05, 0.1) is 12.6 Å². The first kappa shape index (κ1) is 16.4. The molecule has 0 radical (unpaired) electrons. The maximum Gasteiger partial charge on any atom is 0.246 e. The Balaban J connectivity index is 3.14. The molecule has 0 spiro atoms. The van der Waals surface area contributed by atoms with Crippen molar-refractivity contribution in [2.24, 2.45) is 0 Å². The molecule has 0 fully saturated rings. The summed E-state index contributed by atoms with van der Waals surface area (Å²) in [7, 11) is -3.10. The van der Waals surface area contributed by atoms with Crippen LogP contribution >= 0.6 is 15.9 Å². The highest BCUT2D eigenvalue weighted by Gasteiger charge is 2.27. The summed E-state index contributed by atoms with van der Waals surface area (Å²) in [5.41, 5.74) is 0. The van der Waals surface area contributed by atoms with E-state index in [2.05, 4.69) is 20.7 Å². The van der Waals surface area contributed by atoms with E-state index in [0.29, 0.717) is 12.1 Å². The van der Waals surface area contributed by atoms with Crippen molar-refractivity contribution in [2.75, 3.05) is 19.0 Å². The van der Waals surface area contributed by atoms with Crippen LogP contribution in [0.5, 0.6) is 0 Å². The van der Waals surface area contributed by atoms with Crippen molar-refractivity contribution >= 4 is 26.0 Å². The fourth-order valence-electron chi connectivity index (χ4n) is 1.38. The number of nitrogens with one attached hydrogen (secondary N) is 1. The molecular weight excluding hydrogens is 351 g/mol. The minimum absolute atomic E-state index is 0.00884. The van der Waals surface area contributed by atoms with E-state index in [1.54, 1.807) is 0 Å². The van der Waals surface area contributed by atoms with E-state index in [-0.39, 0.29) is 11.9 Å². The zero-order valence-electron chi connectivity index (χ0n) is 9.79. The van der Waals surface area contributed by atoms with Gasteiger partial charge in [0.25, 0.3) is 0 Å². The summed E-state index contributed by atoms with van der Waals surface area (Å²) >= 11 is 3.04. The second-order valence-corrected chi connectivity index (χ2v) is 5.92. The molecule has 0 aromatic heterocycles. The van der Waals surface area contributed by atoms with Crippen LogP contribution in [0.4, 0.5) is 13.2 Å². The smallest absolute Gasteiger partial charge is 0.246 e. The Labute approximate surface area is 117 Å². The van der Waals surface area contributed by atoms with Gasteiger partial charge in [-0.3, -0.25) is 0 Å². The standard InChI is InChI=1S/C10H11BrF3NO3S/c1-18-5-7(4-11)15-19(16,17)10-8(13)2-6(12)3-9(10)14/h2-3,7,15H,4-5H2,1H3. The minimum atomic E-state index is -4.45. The maximum absolute atomic E-state index is 13.4. The van der Waals surface area contributed by atoms with Crippen LogP contribution in [-0.2, 0) is 14.8 Å². The van der Waals surface area contributed by atoms with Gasteiger partial charge < -0.3 is 4.74 Å². The lowest BCUT2D eigenvalue weighted by molar-refractivity contribution is 0.181. The normalized spacial score (nSPS) is 13.5. The van der Waals surface area contributed by atoms with Crippen molar-refractivity contribution in [3.63, 3.8) is 0 Å². The molecule has 4 nitrogen and oxygen atoms in total. The number of methoxy groups -OCH3 is 1. The second kappa shape index (κ2) is 6.69. The highest BCUT2D eigenvalue weighted by atomic mass is 79.9. The molecule has 1 N–H and O–H groups in total. The van der Waals surface area contributed by atoms with Crippen molar-refractivity contribution in [1.29, 1.82) is 0 Å². The molecule has 0 saturated carbocycles. The van der Waals surface area contributed by atoms with E-state index in [0.717, 1.165) is 0 Å². The van der Waals surface area contributed by atoms with E-state index in [9.17, 15) is 21.6 Å². The number of alkyl halides is 1. The molecule has 108 valence electrons. The highest BCUT2D eigenvalue weighted by molar-refractivity contribution is 9.09. The molecule has 1 rings (SSSR count). The van der Waals surface area contributed by atoms with Gasteiger partial charge in [-0.15, -0.1) is 0 Å². The lowest BCUT2D eigenvalue weighted by Crippen LogP contribution is -2.39. The van der Waals surface area contributed by atoms with Crippen LogP contribution < -0.4 is 4.72 Å². The fourth-order valence-corrected chi connectivity index (χ4v) is 3.28. The van der Waals surface area contributed by atoms with Gasteiger partial charge in [-0.05, 0) is 0 Å². The molecule has 9 heteroatoms. The van der Waals surface area contributed by atoms with Gasteiger partial charge >= 0.3 is 0 Å². The van der Waals surface area contributed by atoms with Gasteiger partial charge in [0, 0.05) is 24.6 Å². The summed E-state index contributed by atoms with van der Waals surface area (Å²) in [5, 5.41) is 0.185. The quantitative estimate of drug-likeness (QED) is 0.786. The van der Waals surface area contributed by atoms with Gasteiger partial charge in [0.2, 0.25) is 10.0 Å². The first-order chi connectivity index (χ1) is 8.81. The number of halogens is 4. The molecule has 1 aromatic carbocycles. The number of hydrogen-bond donors (Lipinski definition) is 1. The third kappa shape index (κ3) is 4.16. The molecule has 1 atom stereocenters. The fraction of sp³-hybridized carbons (Fsp3) is 0.400. The van der Waals surface area contributed by atoms with Gasteiger partial charge in [0.1, 0.15) is 17.5 Å². The Hall–Kier alpha value is -0.640. The third-order valence-corrected chi connectivity index (χ3v) is 4.46. The second-order valence-electron chi connectivity index (χ2n) is 3.63. The van der Waals surface area contributed by atoms with E-state index < -0.39 is 38.4 Å². The summed E-state index contributed by atoms with van der Waals surface area (Å²) in [6, 6.07) is -0.104. The van der Waals surface area contributed by atoms with E-state index >= 15 is 0 Å². The van der Waals surface area contributed by atoms with Crippen LogP contribution in [0, 0.1) is 17.5 Å². The SMILES string of the molecule is COCC(CBr)NS(=O)(=O)c1c(F)cc(F)cc1F. The Morgan fingerprint density at radius 1 is 1.32 bits per heavy atom. The van der Waals surface area contributed by atoms with Gasteiger partial charge in [-0.2, -0.15) is 0 Å². The molecule has 0 aliphatic rings. The number of ether oxygens (including phenoxy) is 1. The zero-order valence-corrected chi connectivity index (χ0v) is 12.2. The van der Waals surface area contributed by atoms with Crippen molar-refractivity contribution in [3.8, 4) is 0 Å². The van der Waals surface area contributed by atoms with Gasteiger partial charge in [0.15, 0.2) is 4.90 Å². The van der Waals surface area contributed by atoms with Crippen LogP contribution in [0.3, 0.4) is 0 Å². The minimum Gasteiger partial charge on any atom is -0.383 e. The average Bonchev–Trinajstić information content (AvgIpc) is 2.25. The van der Waals surface area contributed by atoms with Crippen LogP contribution in [0.25, 0.3) is 0 Å². The monoisotopic (exact) mass is 361 g/mol. The lowest BCUT2D eigenvalue weighted by Gasteiger charge is -2.16. The molecule has 19 heavy (non-hydrogen) atoms. The molecule has 0 amide bonds. The predicted molar refractivity (Wildman–Crippen MR) is 66.1 cm³/mol. The Morgan fingerprint density at radius 3 is 2.26 bits per heavy atom. The first-order valence-corrected chi connectivity index (χ1v) is 7.64. The van der Waals surface area contributed by atoms with Crippen molar-refractivity contribution in [2.45, 2.75) is 10.9 Å². The Morgan fingerprint density at radius 2 is 1.84 bits per heavy atom. The van der Waals surface area contributed by atoms with E-state index in [4.69, 9.17) is 4.74 Å². The summed E-state index contributed by atoms with van der Waals surface area (Å²) < 4.78 is 70.0. The molecule has 0 heterocycles. The van der Waals surface area contributed by atoms with Gasteiger partial charge in [-0.25, -0.2) is 26.3 Å². The maximum atomic E-state index is 13.4. The third-order valence-electron chi connectivity index (χ3n) is 2.11. The van der Waals surface area contributed by atoms with E-state index in [1.807, 2.05) is 0 Å². The number of benzene rings is 1. The van der Waals surface area contributed by atoms with Gasteiger partial charge in [-0.1, -0.05) is 15.9 Å². The largest absolute Gasteiger partial charge is 0.383 e. The Kier molecular flexibility index (Phi) is 5.78. The van der Waals surface area contributed by atoms with Crippen molar-refractivity contribution in [3.05, 3.63) is 29.6 Å². The van der Waals surface area contributed by atoms with Crippen molar-refractivity contribution < 1.29 is 26.3 Å². The lowest BCUT2D eigenvalue weighted by atomic mass is 10.3. The average molecular weight is 362 g/mol. The molecule has 0 aliphatic heterocycles. The summed E-state index contributed by atoms with van der Waals surface area (Å²) in [4.78, 5) is -1.21. The molecule has 0 bridgehead atoms. The Bertz CT molecular complexity index is 530. The number of sulfonamides is 1. The summed E-state index contributed by atoms with van der Waals surface area (Å²) in [5.74, 6) is -4.17. The van der Waals surface area contributed by atoms with Crippen LogP contribution in [0.2, 0.25) is 0 Å². The molecule has 0 saturated heterocycles. The van der Waals surface area contributed by atoms with Crippen LogP contribution in [0.15, 0.2) is 17.0 Å².